The third-order valence-corrected chi connectivity index (χ3v) is 6.64. The molecule has 2 aliphatic rings. The monoisotopic (exact) mass is 403 g/mol. The fraction of sp³-hybridized carbons (Fsp3) is 0.391. The summed E-state index contributed by atoms with van der Waals surface area (Å²) >= 11 is 1.70. The van der Waals surface area contributed by atoms with Crippen molar-refractivity contribution >= 4 is 11.8 Å². The van der Waals surface area contributed by atoms with E-state index >= 15 is 0 Å². The van der Waals surface area contributed by atoms with E-state index in [1.807, 2.05) is 24.3 Å². The van der Waals surface area contributed by atoms with Crippen molar-refractivity contribution in [3.63, 3.8) is 0 Å². The van der Waals surface area contributed by atoms with Crippen LogP contribution in [0.5, 0.6) is 0 Å². The Hall–Kier alpha value is -1.88. The van der Waals surface area contributed by atoms with Gasteiger partial charge in [-0.25, -0.2) is 0 Å². The average Bonchev–Trinajstić information content (AvgIpc) is 3.07. The third kappa shape index (κ3) is 4.24. The van der Waals surface area contributed by atoms with Crippen LogP contribution >= 0.6 is 11.8 Å². The highest BCUT2D eigenvalue weighted by molar-refractivity contribution is 7.99. The Morgan fingerprint density at radius 2 is 1.54 bits per heavy atom. The van der Waals surface area contributed by atoms with E-state index in [1.165, 1.54) is 28.9 Å². The molecule has 4 rings (SSSR count). The number of aryl methyl sites for hydroxylation is 2. The first kappa shape index (κ1) is 19.4. The van der Waals surface area contributed by atoms with Crippen molar-refractivity contribution < 1.29 is 13.2 Å². The molecule has 0 heterocycles. The molecule has 2 aromatic carbocycles. The summed E-state index contributed by atoms with van der Waals surface area (Å²) in [6.45, 7) is 1.79. The Morgan fingerprint density at radius 3 is 2.18 bits per heavy atom. The summed E-state index contributed by atoms with van der Waals surface area (Å²) in [4.78, 5) is 2.32. The zero-order valence-electron chi connectivity index (χ0n) is 15.9. The summed E-state index contributed by atoms with van der Waals surface area (Å²) in [5, 5.41) is 2.72. The van der Waals surface area contributed by atoms with Crippen LogP contribution in [0.3, 0.4) is 0 Å². The molecule has 2 aromatic rings. The van der Waals surface area contributed by atoms with Gasteiger partial charge in [-0.3, -0.25) is 0 Å². The lowest BCUT2D eigenvalue weighted by atomic mass is 9.90. The Morgan fingerprint density at radius 1 is 0.893 bits per heavy atom. The maximum Gasteiger partial charge on any atom is 0.430 e. The van der Waals surface area contributed by atoms with Gasteiger partial charge in [-0.1, -0.05) is 30.0 Å². The van der Waals surface area contributed by atoms with Crippen LogP contribution in [0.25, 0.3) is 0 Å². The molecular formula is C23H24F3NS. The lowest BCUT2D eigenvalue weighted by Crippen LogP contribution is -2.31. The highest BCUT2D eigenvalue weighted by Gasteiger charge is 2.38. The van der Waals surface area contributed by atoms with E-state index in [0.29, 0.717) is 18.4 Å². The maximum absolute atomic E-state index is 13.3. The predicted octanol–water partition coefficient (Wildman–Crippen LogP) is 6.98. The average molecular weight is 404 g/mol. The summed E-state index contributed by atoms with van der Waals surface area (Å²) in [5.41, 5.74) is 3.73. The number of hydrogen-bond donors (Lipinski definition) is 1. The van der Waals surface area contributed by atoms with Gasteiger partial charge in [0, 0.05) is 15.8 Å². The van der Waals surface area contributed by atoms with Crippen LogP contribution in [0.2, 0.25) is 0 Å². The second-order valence-electron chi connectivity index (χ2n) is 7.65. The minimum absolute atomic E-state index is 0.385. The third-order valence-electron chi connectivity index (χ3n) is 5.64. The first-order valence-electron chi connectivity index (χ1n) is 9.85. The summed E-state index contributed by atoms with van der Waals surface area (Å²) in [6, 6.07) is 14.1. The van der Waals surface area contributed by atoms with Gasteiger partial charge in [0.15, 0.2) is 0 Å². The van der Waals surface area contributed by atoms with Crippen molar-refractivity contribution in [3.8, 4) is 0 Å². The molecule has 148 valence electrons. The molecule has 28 heavy (non-hydrogen) atoms. The Labute approximate surface area is 168 Å². The molecule has 0 radical (unpaired) electrons. The van der Waals surface area contributed by atoms with Crippen LogP contribution in [-0.4, -0.2) is 6.18 Å². The minimum Gasteiger partial charge on any atom is -0.375 e. The van der Waals surface area contributed by atoms with E-state index in [9.17, 15) is 13.2 Å². The molecule has 2 aliphatic carbocycles. The second kappa shape index (κ2) is 7.86. The highest BCUT2D eigenvalue weighted by Crippen LogP contribution is 2.37. The van der Waals surface area contributed by atoms with Crippen molar-refractivity contribution in [3.05, 3.63) is 70.4 Å². The van der Waals surface area contributed by atoms with E-state index in [0.717, 1.165) is 23.3 Å². The SMILES string of the molecule is C[C@H](NC(=C1CCC1)C(F)(F)F)c1ccc(Sc2ccc3c(c2)CCC3)cc1. The van der Waals surface area contributed by atoms with Crippen molar-refractivity contribution in [2.24, 2.45) is 0 Å². The molecule has 1 N–H and O–H groups in total. The molecule has 0 aromatic heterocycles. The molecule has 0 spiro atoms. The number of halogens is 3. The second-order valence-corrected chi connectivity index (χ2v) is 8.80. The van der Waals surface area contributed by atoms with Gasteiger partial charge in [0.2, 0.25) is 0 Å². The summed E-state index contributed by atoms with van der Waals surface area (Å²) in [6.07, 6.45) is 1.20. The van der Waals surface area contributed by atoms with Crippen LogP contribution < -0.4 is 5.32 Å². The smallest absolute Gasteiger partial charge is 0.375 e. The zero-order chi connectivity index (χ0) is 19.7. The zero-order valence-corrected chi connectivity index (χ0v) is 16.7. The molecule has 0 saturated heterocycles. The van der Waals surface area contributed by atoms with E-state index in [1.54, 1.807) is 18.7 Å². The number of alkyl halides is 3. The van der Waals surface area contributed by atoms with Gasteiger partial charge in [-0.05, 0) is 92.0 Å². The van der Waals surface area contributed by atoms with E-state index in [-0.39, 0.29) is 6.04 Å². The molecule has 0 bridgehead atoms. The molecule has 1 saturated carbocycles. The maximum atomic E-state index is 13.3. The number of rotatable bonds is 5. The van der Waals surface area contributed by atoms with Crippen molar-refractivity contribution in [2.75, 3.05) is 0 Å². The first-order chi connectivity index (χ1) is 13.4. The number of benzene rings is 2. The van der Waals surface area contributed by atoms with Gasteiger partial charge < -0.3 is 5.32 Å². The van der Waals surface area contributed by atoms with Crippen LogP contribution in [0.1, 0.15) is 55.3 Å². The van der Waals surface area contributed by atoms with Gasteiger partial charge >= 0.3 is 6.18 Å². The topological polar surface area (TPSA) is 12.0 Å². The minimum atomic E-state index is -4.31. The fourth-order valence-electron chi connectivity index (χ4n) is 3.86. The molecule has 1 fully saturated rings. The number of nitrogens with one attached hydrogen (secondary N) is 1. The molecule has 0 aliphatic heterocycles. The molecular weight excluding hydrogens is 379 g/mol. The predicted molar refractivity (Wildman–Crippen MR) is 108 cm³/mol. The number of hydrogen-bond acceptors (Lipinski definition) is 2. The van der Waals surface area contributed by atoms with Crippen molar-refractivity contribution in [1.29, 1.82) is 0 Å². The first-order valence-corrected chi connectivity index (χ1v) is 10.7. The molecule has 1 nitrogen and oxygen atoms in total. The molecule has 0 unspecified atom stereocenters. The van der Waals surface area contributed by atoms with Crippen LogP contribution in [-0.2, 0) is 12.8 Å². The van der Waals surface area contributed by atoms with Crippen molar-refractivity contribution in [1.82, 2.24) is 5.32 Å². The normalized spacial score (nSPS) is 17.1. The van der Waals surface area contributed by atoms with Gasteiger partial charge in [-0.15, -0.1) is 0 Å². The quantitative estimate of drug-likeness (QED) is 0.578. The summed E-state index contributed by atoms with van der Waals surface area (Å²) < 4.78 is 40.0. The lowest BCUT2D eigenvalue weighted by molar-refractivity contribution is -0.0994. The Balaban J connectivity index is 1.44. The molecule has 1 atom stereocenters. The molecule has 0 amide bonds. The van der Waals surface area contributed by atoms with Crippen LogP contribution in [0.4, 0.5) is 13.2 Å². The molecule has 5 heteroatoms. The number of fused-ring (bicyclic) bond motifs is 1. The highest BCUT2D eigenvalue weighted by atomic mass is 32.2. The number of allylic oxidation sites excluding steroid dienone is 2. The lowest BCUT2D eigenvalue weighted by Gasteiger charge is -2.27. The van der Waals surface area contributed by atoms with Gasteiger partial charge in [0.25, 0.3) is 0 Å². The Bertz CT molecular complexity index is 878. The summed E-state index contributed by atoms with van der Waals surface area (Å²) in [5.74, 6) is 0. The Kier molecular flexibility index (Phi) is 5.46. The van der Waals surface area contributed by atoms with Crippen LogP contribution in [0, 0.1) is 0 Å². The largest absolute Gasteiger partial charge is 0.430 e. The van der Waals surface area contributed by atoms with E-state index < -0.39 is 11.9 Å². The van der Waals surface area contributed by atoms with Crippen LogP contribution in [0.15, 0.2) is 63.5 Å². The summed E-state index contributed by atoms with van der Waals surface area (Å²) in [7, 11) is 0. The van der Waals surface area contributed by atoms with Gasteiger partial charge in [0.1, 0.15) is 5.70 Å². The standard InChI is InChI=1S/C23H24F3NS/c1-15(27-22(23(24,25)26)18-5-3-6-18)16-8-11-20(12-9-16)28-21-13-10-17-4-2-7-19(17)14-21/h8-15,27H,2-7H2,1H3/t15-/m0/s1. The van der Waals surface area contributed by atoms with E-state index in [2.05, 4.69) is 23.5 Å². The van der Waals surface area contributed by atoms with Gasteiger partial charge in [0.05, 0.1) is 0 Å². The van der Waals surface area contributed by atoms with Gasteiger partial charge in [-0.2, -0.15) is 13.2 Å². The fourth-order valence-corrected chi connectivity index (χ4v) is 4.74. The van der Waals surface area contributed by atoms with E-state index in [4.69, 9.17) is 0 Å². The van der Waals surface area contributed by atoms with Crippen molar-refractivity contribution in [2.45, 2.75) is 67.5 Å².